The number of amides is 2. The zero-order chi connectivity index (χ0) is 15.9. The lowest BCUT2D eigenvalue weighted by atomic mass is 10.3. The van der Waals surface area contributed by atoms with Gasteiger partial charge in [-0.1, -0.05) is 23.7 Å². The number of nitrogens with one attached hydrogen (secondary N) is 1. The average Bonchev–Trinajstić information content (AvgIpc) is 2.48. The highest BCUT2D eigenvalue weighted by molar-refractivity contribution is 7.94. The average molecular weight is 339 g/mol. The van der Waals surface area contributed by atoms with Crippen LogP contribution in [0.25, 0.3) is 0 Å². The molecule has 6 nitrogen and oxygen atoms in total. The van der Waals surface area contributed by atoms with Crippen LogP contribution >= 0.6 is 11.6 Å². The molecule has 1 N–H and O–H groups in total. The van der Waals surface area contributed by atoms with Crippen LogP contribution in [0.4, 0.5) is 16.2 Å². The summed E-state index contributed by atoms with van der Waals surface area (Å²) in [5.41, 5.74) is 0.274. The number of anilines is 2. The summed E-state index contributed by atoms with van der Waals surface area (Å²) in [6.07, 6.45) is 0. The summed E-state index contributed by atoms with van der Waals surface area (Å²) >= 11 is 6.02. The third kappa shape index (κ3) is 2.18. The third-order valence-electron chi connectivity index (χ3n) is 3.20. The zero-order valence-electron chi connectivity index (χ0n) is 11.4. The normalized spacial score (nSPS) is 15.9. The molecule has 0 bridgehead atoms. The molecule has 0 saturated heterocycles. The number of halogens is 1. The van der Waals surface area contributed by atoms with Crippen molar-refractivity contribution in [1.29, 1.82) is 0 Å². The highest BCUT2D eigenvalue weighted by atomic mass is 35.5. The van der Waals surface area contributed by atoms with Crippen LogP contribution in [0.5, 0.6) is 5.75 Å². The zero-order valence-corrected chi connectivity index (χ0v) is 13.0. The predicted octanol–water partition coefficient (Wildman–Crippen LogP) is 3.09. The molecular formula is C14H11ClN2O4S. The number of carbonyl (C=O) groups is 1. The van der Waals surface area contributed by atoms with Crippen molar-refractivity contribution in [2.24, 2.45) is 0 Å². The number of ether oxygens (including phenoxy) is 1. The monoisotopic (exact) mass is 338 g/mol. The van der Waals surface area contributed by atoms with Gasteiger partial charge < -0.3 is 10.1 Å². The Labute approximate surface area is 132 Å². The van der Waals surface area contributed by atoms with Gasteiger partial charge in [-0.15, -0.1) is 0 Å². The molecule has 2 aromatic carbocycles. The molecule has 114 valence electrons. The second kappa shape index (κ2) is 5.19. The number of para-hydroxylation sites is 1. The van der Waals surface area contributed by atoms with Gasteiger partial charge in [0.25, 0.3) is 10.0 Å². The molecule has 2 amide bonds. The molecule has 2 aromatic rings. The van der Waals surface area contributed by atoms with E-state index in [1.165, 1.54) is 37.4 Å². The molecule has 8 heteroatoms. The molecular weight excluding hydrogens is 328 g/mol. The van der Waals surface area contributed by atoms with Crippen LogP contribution in [0.3, 0.4) is 0 Å². The second-order valence-electron chi connectivity index (χ2n) is 4.51. The van der Waals surface area contributed by atoms with Crippen LogP contribution in [0.1, 0.15) is 0 Å². The van der Waals surface area contributed by atoms with Crippen molar-refractivity contribution in [2.45, 2.75) is 4.90 Å². The lowest BCUT2D eigenvalue weighted by molar-refractivity contribution is 0.259. The van der Waals surface area contributed by atoms with E-state index in [0.29, 0.717) is 10.1 Å². The summed E-state index contributed by atoms with van der Waals surface area (Å²) in [4.78, 5) is 12.2. The number of urea groups is 1. The quantitative estimate of drug-likeness (QED) is 0.913. The van der Waals surface area contributed by atoms with Crippen molar-refractivity contribution in [2.75, 3.05) is 16.7 Å². The van der Waals surface area contributed by atoms with Crippen LogP contribution in [0, 0.1) is 0 Å². The van der Waals surface area contributed by atoms with Crippen LogP contribution in [0.15, 0.2) is 47.4 Å². The first-order valence-corrected chi connectivity index (χ1v) is 8.06. The van der Waals surface area contributed by atoms with Gasteiger partial charge in [0.2, 0.25) is 0 Å². The van der Waals surface area contributed by atoms with Crippen molar-refractivity contribution < 1.29 is 17.9 Å². The van der Waals surface area contributed by atoms with Crippen LogP contribution in [-0.4, -0.2) is 21.6 Å². The van der Waals surface area contributed by atoms with E-state index in [0.717, 1.165) is 0 Å². The Balaban J connectivity index is 2.20. The Hall–Kier alpha value is -2.25. The highest BCUT2D eigenvalue weighted by Gasteiger charge is 2.38. The molecule has 0 saturated carbocycles. The van der Waals surface area contributed by atoms with Gasteiger partial charge in [-0.2, -0.15) is 4.31 Å². The van der Waals surface area contributed by atoms with E-state index in [2.05, 4.69) is 5.32 Å². The maximum atomic E-state index is 12.7. The summed E-state index contributed by atoms with van der Waals surface area (Å²) in [5, 5.41) is 2.70. The number of sulfonamides is 1. The molecule has 0 unspecified atom stereocenters. The number of hydrogen-bond acceptors (Lipinski definition) is 4. The lowest BCUT2D eigenvalue weighted by Crippen LogP contribution is -2.44. The standard InChI is InChI=1S/C14H11ClN2O4S/c1-21-9-6-7-13-11(8-9)16-14(18)17(22(13,19)20)12-5-3-2-4-10(12)15/h2-8H,1H3,(H,16,18). The Morgan fingerprint density at radius 1 is 1.18 bits per heavy atom. The Bertz CT molecular complexity index is 867. The number of nitrogens with zero attached hydrogens (tertiary/aromatic N) is 1. The molecule has 22 heavy (non-hydrogen) atoms. The minimum absolute atomic E-state index is 0.0205. The van der Waals surface area contributed by atoms with Gasteiger partial charge in [-0.05, 0) is 24.3 Å². The number of carbonyl (C=O) groups excluding carboxylic acids is 1. The Morgan fingerprint density at radius 2 is 1.91 bits per heavy atom. The van der Waals surface area contributed by atoms with Crippen molar-refractivity contribution >= 4 is 39.0 Å². The first-order valence-electron chi connectivity index (χ1n) is 6.24. The maximum Gasteiger partial charge on any atom is 0.340 e. The number of benzene rings is 2. The SMILES string of the molecule is COc1ccc2c(c1)NC(=O)N(c1ccccc1Cl)S2(=O)=O. The largest absolute Gasteiger partial charge is 0.497 e. The maximum absolute atomic E-state index is 12.7. The number of methoxy groups -OCH3 is 1. The van der Waals surface area contributed by atoms with E-state index in [1.54, 1.807) is 12.1 Å². The van der Waals surface area contributed by atoms with E-state index in [4.69, 9.17) is 16.3 Å². The summed E-state index contributed by atoms with van der Waals surface area (Å²) in [7, 11) is -2.60. The Kier molecular flexibility index (Phi) is 3.46. The van der Waals surface area contributed by atoms with E-state index < -0.39 is 16.1 Å². The molecule has 0 aromatic heterocycles. The first-order chi connectivity index (χ1) is 10.4. The van der Waals surface area contributed by atoms with Gasteiger partial charge in [0.05, 0.1) is 23.5 Å². The van der Waals surface area contributed by atoms with Crippen molar-refractivity contribution in [3.8, 4) is 5.75 Å². The summed E-state index contributed by atoms with van der Waals surface area (Å²) in [6, 6.07) is 9.79. The van der Waals surface area contributed by atoms with Crippen LogP contribution < -0.4 is 14.4 Å². The summed E-state index contributed by atoms with van der Waals surface area (Å²) in [5.74, 6) is 0.445. The van der Waals surface area contributed by atoms with Gasteiger partial charge in [0, 0.05) is 6.07 Å². The van der Waals surface area contributed by atoms with Gasteiger partial charge in [0.1, 0.15) is 10.6 Å². The predicted molar refractivity (Wildman–Crippen MR) is 83.1 cm³/mol. The van der Waals surface area contributed by atoms with Crippen molar-refractivity contribution in [1.82, 2.24) is 0 Å². The Morgan fingerprint density at radius 3 is 2.59 bits per heavy atom. The third-order valence-corrected chi connectivity index (χ3v) is 5.28. The second-order valence-corrected chi connectivity index (χ2v) is 6.68. The molecule has 0 fully saturated rings. The molecule has 0 aliphatic carbocycles. The summed E-state index contributed by atoms with van der Waals surface area (Å²) < 4.78 is 31.2. The molecule has 1 heterocycles. The first kappa shape index (κ1) is 14.7. The van der Waals surface area contributed by atoms with Gasteiger partial charge in [-0.3, -0.25) is 0 Å². The van der Waals surface area contributed by atoms with E-state index in [9.17, 15) is 13.2 Å². The van der Waals surface area contributed by atoms with Gasteiger partial charge in [-0.25, -0.2) is 13.2 Å². The minimum atomic E-state index is -4.05. The molecule has 0 atom stereocenters. The smallest absolute Gasteiger partial charge is 0.340 e. The minimum Gasteiger partial charge on any atom is -0.497 e. The van der Waals surface area contributed by atoms with E-state index >= 15 is 0 Å². The summed E-state index contributed by atoms with van der Waals surface area (Å²) in [6.45, 7) is 0. The fraction of sp³-hybridized carbons (Fsp3) is 0.0714. The molecule has 3 rings (SSSR count). The molecule has 0 radical (unpaired) electrons. The van der Waals surface area contributed by atoms with Crippen LogP contribution in [0.2, 0.25) is 5.02 Å². The van der Waals surface area contributed by atoms with Crippen molar-refractivity contribution in [3.63, 3.8) is 0 Å². The number of rotatable bonds is 2. The van der Waals surface area contributed by atoms with E-state index in [-0.39, 0.29) is 21.3 Å². The van der Waals surface area contributed by atoms with Gasteiger partial charge >= 0.3 is 6.03 Å². The number of fused-ring (bicyclic) bond motifs is 1. The highest BCUT2D eigenvalue weighted by Crippen LogP contribution is 2.37. The molecule has 1 aliphatic rings. The van der Waals surface area contributed by atoms with Gasteiger partial charge in [0.15, 0.2) is 0 Å². The van der Waals surface area contributed by atoms with Crippen molar-refractivity contribution in [3.05, 3.63) is 47.5 Å². The topological polar surface area (TPSA) is 75.7 Å². The fourth-order valence-corrected chi connectivity index (χ4v) is 3.96. The lowest BCUT2D eigenvalue weighted by Gasteiger charge is -2.29. The van der Waals surface area contributed by atoms with E-state index in [1.807, 2.05) is 0 Å². The fourth-order valence-electron chi connectivity index (χ4n) is 2.19. The van der Waals surface area contributed by atoms with Crippen LogP contribution in [-0.2, 0) is 10.0 Å². The number of hydrogen-bond donors (Lipinski definition) is 1. The molecule has 0 spiro atoms. The molecule has 1 aliphatic heterocycles.